The lowest BCUT2D eigenvalue weighted by Gasteiger charge is -2.07. The topological polar surface area (TPSA) is 79.8 Å². The van der Waals surface area contributed by atoms with Gasteiger partial charge in [0.1, 0.15) is 5.82 Å². The number of rotatable bonds is 7. The maximum Gasteiger partial charge on any atom is 0.272 e. The molecule has 2 aromatic heterocycles. The fourth-order valence-electron chi connectivity index (χ4n) is 2.30. The van der Waals surface area contributed by atoms with Crippen LogP contribution in [0, 0.1) is 0 Å². The highest BCUT2D eigenvalue weighted by Crippen LogP contribution is 2.04. The van der Waals surface area contributed by atoms with E-state index in [4.69, 9.17) is 0 Å². The molecule has 0 aliphatic heterocycles. The zero-order valence-electron chi connectivity index (χ0n) is 13.7. The number of nitrogens with zero attached hydrogens (tertiary/aromatic N) is 3. The molecule has 0 atom stereocenters. The number of aromatic nitrogens is 3. The third-order valence-electron chi connectivity index (χ3n) is 3.66. The number of anilines is 1. The molecule has 0 unspecified atom stereocenters. The van der Waals surface area contributed by atoms with E-state index in [0.29, 0.717) is 18.1 Å². The first-order chi connectivity index (χ1) is 12.3. The van der Waals surface area contributed by atoms with E-state index in [1.54, 1.807) is 24.5 Å². The van der Waals surface area contributed by atoms with Crippen LogP contribution >= 0.6 is 0 Å². The van der Waals surface area contributed by atoms with Crippen molar-refractivity contribution >= 4 is 11.7 Å². The molecule has 6 heteroatoms. The van der Waals surface area contributed by atoms with Gasteiger partial charge in [-0.15, -0.1) is 10.2 Å². The van der Waals surface area contributed by atoms with E-state index in [9.17, 15) is 4.79 Å². The second-order valence-electron chi connectivity index (χ2n) is 5.50. The number of pyridine rings is 1. The van der Waals surface area contributed by atoms with Gasteiger partial charge in [-0.1, -0.05) is 30.3 Å². The smallest absolute Gasteiger partial charge is 0.272 e. The first-order valence-electron chi connectivity index (χ1n) is 8.10. The van der Waals surface area contributed by atoms with Crippen molar-refractivity contribution in [3.63, 3.8) is 0 Å². The van der Waals surface area contributed by atoms with Crippen LogP contribution in [0.3, 0.4) is 0 Å². The molecule has 2 heterocycles. The van der Waals surface area contributed by atoms with E-state index < -0.39 is 0 Å². The zero-order valence-corrected chi connectivity index (χ0v) is 13.7. The van der Waals surface area contributed by atoms with Crippen molar-refractivity contribution in [2.45, 2.75) is 13.0 Å². The number of amides is 1. The van der Waals surface area contributed by atoms with Gasteiger partial charge in [-0.25, -0.2) is 0 Å². The Hall–Kier alpha value is -3.28. The average molecular weight is 333 g/mol. The van der Waals surface area contributed by atoms with Gasteiger partial charge in [0.2, 0.25) is 0 Å². The molecule has 0 bridgehead atoms. The molecule has 0 saturated heterocycles. The molecule has 6 nitrogen and oxygen atoms in total. The fraction of sp³-hybridized carbons (Fsp3) is 0.158. The molecule has 2 N–H and O–H groups in total. The minimum absolute atomic E-state index is 0.250. The molecule has 0 radical (unpaired) electrons. The SMILES string of the molecule is O=C(NCc1ccncc1)c1ccc(NCCc2ccccc2)nn1. The van der Waals surface area contributed by atoms with Crippen LogP contribution in [-0.2, 0) is 13.0 Å². The van der Waals surface area contributed by atoms with Gasteiger partial charge < -0.3 is 10.6 Å². The summed E-state index contributed by atoms with van der Waals surface area (Å²) in [5, 5.41) is 14.0. The highest BCUT2D eigenvalue weighted by molar-refractivity contribution is 5.92. The Kier molecular flexibility index (Phi) is 5.66. The van der Waals surface area contributed by atoms with E-state index in [1.165, 1.54) is 5.56 Å². The van der Waals surface area contributed by atoms with Crippen LogP contribution in [0.15, 0.2) is 67.0 Å². The van der Waals surface area contributed by atoms with Crippen LogP contribution in [0.5, 0.6) is 0 Å². The quantitative estimate of drug-likeness (QED) is 0.694. The number of carbonyl (C=O) groups is 1. The Bertz CT molecular complexity index is 791. The Balaban J connectivity index is 1.47. The number of nitrogens with one attached hydrogen (secondary N) is 2. The summed E-state index contributed by atoms with van der Waals surface area (Å²) in [7, 11) is 0. The summed E-state index contributed by atoms with van der Waals surface area (Å²) in [5.74, 6) is 0.404. The van der Waals surface area contributed by atoms with Crippen molar-refractivity contribution in [1.29, 1.82) is 0 Å². The summed E-state index contributed by atoms with van der Waals surface area (Å²) in [6, 6.07) is 17.4. The molecule has 25 heavy (non-hydrogen) atoms. The van der Waals surface area contributed by atoms with E-state index in [-0.39, 0.29) is 5.91 Å². The fourth-order valence-corrected chi connectivity index (χ4v) is 2.30. The molecule has 0 aliphatic rings. The lowest BCUT2D eigenvalue weighted by Crippen LogP contribution is -2.24. The van der Waals surface area contributed by atoms with Crippen molar-refractivity contribution in [1.82, 2.24) is 20.5 Å². The maximum absolute atomic E-state index is 12.1. The van der Waals surface area contributed by atoms with Gasteiger partial charge in [0, 0.05) is 25.5 Å². The summed E-state index contributed by atoms with van der Waals surface area (Å²) in [5.41, 5.74) is 2.54. The number of hydrogen-bond acceptors (Lipinski definition) is 5. The van der Waals surface area contributed by atoms with Crippen LogP contribution < -0.4 is 10.6 Å². The first-order valence-corrected chi connectivity index (χ1v) is 8.10. The zero-order chi connectivity index (χ0) is 17.3. The molecule has 0 aliphatic carbocycles. The monoisotopic (exact) mass is 333 g/mol. The standard InChI is InChI=1S/C19H19N5O/c25-19(22-14-16-8-11-20-12-9-16)17-6-7-18(24-23-17)21-13-10-15-4-2-1-3-5-15/h1-9,11-12H,10,13-14H2,(H,21,24)(H,22,25). The Labute approximate surface area is 146 Å². The third-order valence-corrected chi connectivity index (χ3v) is 3.66. The second kappa shape index (κ2) is 8.54. The summed E-state index contributed by atoms with van der Waals surface area (Å²) >= 11 is 0. The van der Waals surface area contributed by atoms with Crippen molar-refractivity contribution in [3.8, 4) is 0 Å². The summed E-state index contributed by atoms with van der Waals surface area (Å²) < 4.78 is 0. The van der Waals surface area contributed by atoms with Crippen LogP contribution in [0.2, 0.25) is 0 Å². The lowest BCUT2D eigenvalue weighted by molar-refractivity contribution is 0.0945. The van der Waals surface area contributed by atoms with Crippen molar-refractivity contribution in [3.05, 3.63) is 83.8 Å². The highest BCUT2D eigenvalue weighted by Gasteiger charge is 2.07. The highest BCUT2D eigenvalue weighted by atomic mass is 16.1. The third kappa shape index (κ3) is 5.10. The van der Waals surface area contributed by atoms with Crippen LogP contribution in [0.25, 0.3) is 0 Å². The lowest BCUT2D eigenvalue weighted by atomic mass is 10.1. The molecule has 126 valence electrons. The maximum atomic E-state index is 12.1. The van der Waals surface area contributed by atoms with Gasteiger partial charge in [-0.2, -0.15) is 0 Å². The molecule has 3 aromatic rings. The second-order valence-corrected chi connectivity index (χ2v) is 5.50. The Morgan fingerprint density at radius 3 is 2.40 bits per heavy atom. The normalized spacial score (nSPS) is 10.2. The van der Waals surface area contributed by atoms with Crippen LogP contribution in [0.1, 0.15) is 21.6 Å². The molecule has 1 aromatic carbocycles. The van der Waals surface area contributed by atoms with Crippen molar-refractivity contribution < 1.29 is 4.79 Å². The molecule has 0 spiro atoms. The van der Waals surface area contributed by atoms with Gasteiger partial charge in [0.25, 0.3) is 5.91 Å². The van der Waals surface area contributed by atoms with Crippen molar-refractivity contribution in [2.75, 3.05) is 11.9 Å². The largest absolute Gasteiger partial charge is 0.368 e. The first kappa shape index (κ1) is 16.6. The Morgan fingerprint density at radius 1 is 0.880 bits per heavy atom. The predicted octanol–water partition coefficient (Wildman–Crippen LogP) is 2.46. The average Bonchev–Trinajstić information content (AvgIpc) is 2.68. The van der Waals surface area contributed by atoms with E-state index in [2.05, 4.69) is 37.9 Å². The molecular formula is C19H19N5O. The number of benzene rings is 1. The molecular weight excluding hydrogens is 314 g/mol. The summed E-state index contributed by atoms with van der Waals surface area (Å²) in [6.07, 6.45) is 4.28. The minimum Gasteiger partial charge on any atom is -0.368 e. The molecule has 3 rings (SSSR count). The predicted molar refractivity (Wildman–Crippen MR) is 96.1 cm³/mol. The summed E-state index contributed by atoms with van der Waals surface area (Å²) in [4.78, 5) is 16.0. The van der Waals surface area contributed by atoms with E-state index in [0.717, 1.165) is 18.5 Å². The minimum atomic E-state index is -0.250. The van der Waals surface area contributed by atoms with Gasteiger partial charge >= 0.3 is 0 Å². The van der Waals surface area contributed by atoms with E-state index >= 15 is 0 Å². The van der Waals surface area contributed by atoms with Crippen LogP contribution in [-0.4, -0.2) is 27.6 Å². The molecule has 0 saturated carbocycles. The van der Waals surface area contributed by atoms with Crippen LogP contribution in [0.4, 0.5) is 5.82 Å². The van der Waals surface area contributed by atoms with Gasteiger partial charge in [-0.3, -0.25) is 9.78 Å². The molecule has 0 fully saturated rings. The van der Waals surface area contributed by atoms with Gasteiger partial charge in [0.05, 0.1) is 0 Å². The number of carbonyl (C=O) groups excluding carboxylic acids is 1. The van der Waals surface area contributed by atoms with Gasteiger partial charge in [-0.05, 0) is 41.8 Å². The number of hydrogen-bond donors (Lipinski definition) is 2. The van der Waals surface area contributed by atoms with Crippen molar-refractivity contribution in [2.24, 2.45) is 0 Å². The molecule has 1 amide bonds. The summed E-state index contributed by atoms with van der Waals surface area (Å²) in [6.45, 7) is 1.19. The Morgan fingerprint density at radius 2 is 1.68 bits per heavy atom. The van der Waals surface area contributed by atoms with Gasteiger partial charge in [0.15, 0.2) is 5.69 Å². The van der Waals surface area contributed by atoms with E-state index in [1.807, 2.05) is 30.3 Å².